The number of hydrogen-bond acceptors (Lipinski definition) is 4. The van der Waals surface area contributed by atoms with Crippen LogP contribution in [0.4, 0.5) is 0 Å². The van der Waals surface area contributed by atoms with E-state index in [9.17, 15) is 4.79 Å². The molecule has 30 heavy (non-hydrogen) atoms. The van der Waals surface area contributed by atoms with Crippen LogP contribution in [0.2, 0.25) is 0 Å². The highest BCUT2D eigenvalue weighted by molar-refractivity contribution is 5.97. The first-order chi connectivity index (χ1) is 14.6. The van der Waals surface area contributed by atoms with Gasteiger partial charge in [0, 0.05) is 41.7 Å². The minimum absolute atomic E-state index is 0.0136. The molecule has 0 saturated heterocycles. The summed E-state index contributed by atoms with van der Waals surface area (Å²) < 4.78 is 11.2. The van der Waals surface area contributed by atoms with E-state index in [0.29, 0.717) is 31.0 Å². The molecule has 0 radical (unpaired) electrons. The molecular formula is C24H23N3O3. The molecule has 6 heteroatoms. The van der Waals surface area contributed by atoms with Crippen molar-refractivity contribution in [1.29, 1.82) is 0 Å². The molecule has 5 rings (SSSR count). The van der Waals surface area contributed by atoms with Crippen LogP contribution in [0.5, 0.6) is 5.75 Å². The molecule has 1 amide bonds. The first kappa shape index (κ1) is 18.5. The first-order valence-electron chi connectivity index (χ1n) is 10.1. The molecule has 0 atom stereocenters. The average molecular weight is 401 g/mol. The topological polar surface area (TPSA) is 71.4 Å². The molecule has 0 unspecified atom stereocenters. The van der Waals surface area contributed by atoms with E-state index in [1.807, 2.05) is 55.1 Å². The molecule has 1 aliphatic heterocycles. The number of aromatic amines is 1. The number of ether oxygens (including phenoxy) is 1. The van der Waals surface area contributed by atoms with Gasteiger partial charge in [-0.25, -0.2) is 0 Å². The second-order valence-corrected chi connectivity index (χ2v) is 7.69. The van der Waals surface area contributed by atoms with Gasteiger partial charge in [0.1, 0.15) is 18.1 Å². The summed E-state index contributed by atoms with van der Waals surface area (Å²) >= 11 is 0. The fourth-order valence-electron chi connectivity index (χ4n) is 4.14. The molecule has 0 bridgehead atoms. The van der Waals surface area contributed by atoms with Crippen LogP contribution in [0.25, 0.3) is 10.9 Å². The maximum absolute atomic E-state index is 13.4. The highest BCUT2D eigenvalue weighted by Crippen LogP contribution is 2.30. The van der Waals surface area contributed by atoms with Crippen molar-refractivity contribution >= 4 is 16.8 Å². The number of para-hydroxylation sites is 2. The summed E-state index contributed by atoms with van der Waals surface area (Å²) in [6, 6.07) is 15.7. The predicted molar refractivity (Wildman–Crippen MR) is 113 cm³/mol. The number of aryl methyl sites for hydroxylation is 2. The number of amides is 1. The maximum Gasteiger partial charge on any atom is 0.257 e. The average Bonchev–Trinajstić information content (AvgIpc) is 3.31. The van der Waals surface area contributed by atoms with Crippen LogP contribution in [0.15, 0.2) is 53.1 Å². The van der Waals surface area contributed by atoms with Crippen molar-refractivity contribution in [2.45, 2.75) is 33.4 Å². The Morgan fingerprint density at radius 2 is 1.97 bits per heavy atom. The third-order valence-corrected chi connectivity index (χ3v) is 5.84. The molecule has 3 heterocycles. The van der Waals surface area contributed by atoms with Crippen molar-refractivity contribution < 1.29 is 14.1 Å². The van der Waals surface area contributed by atoms with Crippen LogP contribution in [0.3, 0.4) is 0 Å². The lowest BCUT2D eigenvalue weighted by molar-refractivity contribution is 0.0730. The highest BCUT2D eigenvalue weighted by Gasteiger charge is 2.26. The number of rotatable bonds is 4. The Morgan fingerprint density at radius 3 is 2.80 bits per heavy atom. The summed E-state index contributed by atoms with van der Waals surface area (Å²) in [5.74, 6) is 1.30. The minimum atomic E-state index is -0.0136. The van der Waals surface area contributed by atoms with Gasteiger partial charge in [0.25, 0.3) is 5.91 Å². The fourth-order valence-corrected chi connectivity index (χ4v) is 4.14. The van der Waals surface area contributed by atoms with Crippen LogP contribution < -0.4 is 4.74 Å². The number of nitrogens with one attached hydrogen (secondary N) is 1. The van der Waals surface area contributed by atoms with Crippen LogP contribution in [0.1, 0.15) is 38.6 Å². The van der Waals surface area contributed by atoms with Gasteiger partial charge in [-0.3, -0.25) is 4.79 Å². The quantitative estimate of drug-likeness (QED) is 0.545. The molecule has 6 nitrogen and oxygen atoms in total. The number of carbonyl (C=O) groups is 1. The molecule has 0 aliphatic carbocycles. The number of carbonyl (C=O) groups excluding carboxylic acids is 1. The van der Waals surface area contributed by atoms with E-state index in [0.717, 1.165) is 29.0 Å². The highest BCUT2D eigenvalue weighted by atomic mass is 16.5. The molecule has 0 fully saturated rings. The molecule has 0 saturated carbocycles. The van der Waals surface area contributed by atoms with E-state index in [-0.39, 0.29) is 5.91 Å². The van der Waals surface area contributed by atoms with Gasteiger partial charge in [-0.1, -0.05) is 35.5 Å². The molecular weight excluding hydrogens is 378 g/mol. The third-order valence-electron chi connectivity index (χ3n) is 5.84. The van der Waals surface area contributed by atoms with Gasteiger partial charge in [-0.05, 0) is 32.0 Å². The normalized spacial score (nSPS) is 13.5. The molecule has 2 aromatic heterocycles. The van der Waals surface area contributed by atoms with Crippen molar-refractivity contribution in [3.8, 4) is 5.75 Å². The number of hydrogen-bond donors (Lipinski definition) is 1. The summed E-state index contributed by atoms with van der Waals surface area (Å²) in [7, 11) is 0. The van der Waals surface area contributed by atoms with Crippen LogP contribution >= 0.6 is 0 Å². The van der Waals surface area contributed by atoms with Gasteiger partial charge < -0.3 is 19.1 Å². The largest absolute Gasteiger partial charge is 0.488 e. The van der Waals surface area contributed by atoms with Crippen molar-refractivity contribution in [2.75, 3.05) is 6.54 Å². The van der Waals surface area contributed by atoms with Gasteiger partial charge in [0.15, 0.2) is 0 Å². The Labute approximate surface area is 174 Å². The van der Waals surface area contributed by atoms with E-state index >= 15 is 0 Å². The van der Waals surface area contributed by atoms with E-state index < -0.39 is 0 Å². The number of nitrogens with zero attached hydrogens (tertiary/aromatic N) is 2. The molecule has 0 spiro atoms. The Bertz CT molecular complexity index is 1220. The van der Waals surface area contributed by atoms with Gasteiger partial charge >= 0.3 is 0 Å². The van der Waals surface area contributed by atoms with E-state index in [2.05, 4.69) is 22.3 Å². The van der Waals surface area contributed by atoms with Gasteiger partial charge in [0.05, 0.1) is 16.8 Å². The van der Waals surface area contributed by atoms with Gasteiger partial charge in [0.2, 0.25) is 0 Å². The molecule has 2 aromatic carbocycles. The first-order valence-corrected chi connectivity index (χ1v) is 10.1. The Hall–Kier alpha value is -3.54. The van der Waals surface area contributed by atoms with Crippen LogP contribution in [-0.4, -0.2) is 27.5 Å². The standard InChI is InChI=1S/C24H23N3O3/c1-15-20(16(2)30-26-15)14-29-23-10-6-4-8-18(23)24(28)27-12-11-22-19(13-27)17-7-3-5-9-21(17)25-22/h3-10,25H,11-14H2,1-2H3. The van der Waals surface area contributed by atoms with Crippen LogP contribution in [-0.2, 0) is 19.6 Å². The van der Waals surface area contributed by atoms with Gasteiger partial charge in [-0.15, -0.1) is 0 Å². The number of benzene rings is 2. The smallest absolute Gasteiger partial charge is 0.257 e. The van der Waals surface area contributed by atoms with E-state index in [1.165, 1.54) is 16.6 Å². The monoisotopic (exact) mass is 401 g/mol. The van der Waals surface area contributed by atoms with Crippen molar-refractivity contribution in [2.24, 2.45) is 0 Å². The summed E-state index contributed by atoms with van der Waals surface area (Å²) in [5, 5.41) is 5.16. The Kier molecular flexibility index (Phi) is 4.54. The minimum Gasteiger partial charge on any atom is -0.488 e. The lowest BCUT2D eigenvalue weighted by Crippen LogP contribution is -2.36. The summed E-state index contributed by atoms with van der Waals surface area (Å²) in [5.41, 5.74) is 5.85. The van der Waals surface area contributed by atoms with E-state index in [4.69, 9.17) is 9.26 Å². The second kappa shape index (κ2) is 7.37. The van der Waals surface area contributed by atoms with Gasteiger partial charge in [-0.2, -0.15) is 0 Å². The maximum atomic E-state index is 13.4. The molecule has 1 aliphatic rings. The SMILES string of the molecule is Cc1noc(C)c1COc1ccccc1C(=O)N1CCc2[nH]c3ccccc3c2C1. The Balaban J connectivity index is 1.39. The van der Waals surface area contributed by atoms with Crippen molar-refractivity contribution in [3.05, 3.63) is 82.4 Å². The molecule has 1 N–H and O–H groups in total. The fraction of sp³-hybridized carbons (Fsp3) is 0.250. The van der Waals surface area contributed by atoms with E-state index in [1.54, 1.807) is 0 Å². The Morgan fingerprint density at radius 1 is 1.17 bits per heavy atom. The zero-order valence-corrected chi connectivity index (χ0v) is 17.1. The lowest BCUT2D eigenvalue weighted by Gasteiger charge is -2.28. The zero-order chi connectivity index (χ0) is 20.7. The van der Waals surface area contributed by atoms with Crippen LogP contribution in [0, 0.1) is 13.8 Å². The summed E-state index contributed by atoms with van der Waals surface area (Å²) in [6.45, 7) is 5.34. The summed E-state index contributed by atoms with van der Waals surface area (Å²) in [4.78, 5) is 18.8. The molecule has 4 aromatic rings. The third kappa shape index (κ3) is 3.14. The predicted octanol–water partition coefficient (Wildman–Crippen LogP) is 4.55. The van der Waals surface area contributed by atoms with Crippen molar-refractivity contribution in [1.82, 2.24) is 15.0 Å². The number of fused-ring (bicyclic) bond motifs is 3. The number of H-pyrrole nitrogens is 1. The number of aromatic nitrogens is 2. The molecule has 152 valence electrons. The van der Waals surface area contributed by atoms with Crippen molar-refractivity contribution in [3.63, 3.8) is 0 Å². The zero-order valence-electron chi connectivity index (χ0n) is 17.1. The second-order valence-electron chi connectivity index (χ2n) is 7.69. The lowest BCUT2D eigenvalue weighted by atomic mass is 10.0. The summed E-state index contributed by atoms with van der Waals surface area (Å²) in [6.07, 6.45) is 0.817.